The largest absolute Gasteiger partial charge is 0.472 e. The first kappa shape index (κ1) is 14.9. The lowest BCUT2D eigenvalue weighted by Crippen LogP contribution is -2.49. The SMILES string of the molecule is O=C1[C@@H]2CCN(Cc3ccoc3)C[C@@H]2OCCN1c1ccsc1. The van der Waals surface area contributed by atoms with Crippen molar-refractivity contribution in [2.24, 2.45) is 5.92 Å². The molecule has 2 aromatic rings. The van der Waals surface area contributed by atoms with Gasteiger partial charge in [0.05, 0.1) is 36.8 Å². The van der Waals surface area contributed by atoms with E-state index in [1.165, 1.54) is 5.56 Å². The summed E-state index contributed by atoms with van der Waals surface area (Å²) in [6.07, 6.45) is 4.32. The maximum Gasteiger partial charge on any atom is 0.232 e. The highest BCUT2D eigenvalue weighted by Crippen LogP contribution is 2.29. The Bertz CT molecular complexity index is 641. The Morgan fingerprint density at radius 2 is 2.26 bits per heavy atom. The van der Waals surface area contributed by atoms with Crippen LogP contribution in [0.25, 0.3) is 0 Å². The molecule has 23 heavy (non-hydrogen) atoms. The van der Waals surface area contributed by atoms with Gasteiger partial charge in [0.2, 0.25) is 5.91 Å². The normalized spacial score (nSPS) is 26.1. The molecular weight excluding hydrogens is 312 g/mol. The second-order valence-electron chi connectivity index (χ2n) is 6.14. The van der Waals surface area contributed by atoms with E-state index in [1.807, 2.05) is 27.8 Å². The second kappa shape index (κ2) is 6.47. The molecule has 122 valence electrons. The van der Waals surface area contributed by atoms with Crippen LogP contribution in [0.3, 0.4) is 0 Å². The first-order chi connectivity index (χ1) is 11.3. The van der Waals surface area contributed by atoms with Crippen molar-refractivity contribution in [2.75, 3.05) is 31.1 Å². The Labute approximate surface area is 139 Å². The lowest BCUT2D eigenvalue weighted by molar-refractivity contribution is -0.128. The van der Waals surface area contributed by atoms with Gasteiger partial charge in [-0.3, -0.25) is 9.69 Å². The summed E-state index contributed by atoms with van der Waals surface area (Å²) in [6.45, 7) is 3.82. The fourth-order valence-corrected chi connectivity index (χ4v) is 4.13. The van der Waals surface area contributed by atoms with Crippen molar-refractivity contribution in [3.05, 3.63) is 41.0 Å². The highest BCUT2D eigenvalue weighted by atomic mass is 32.1. The number of furan rings is 1. The third-order valence-electron chi connectivity index (χ3n) is 4.68. The van der Waals surface area contributed by atoms with Crippen LogP contribution in [0.5, 0.6) is 0 Å². The molecule has 1 amide bonds. The summed E-state index contributed by atoms with van der Waals surface area (Å²) >= 11 is 1.62. The van der Waals surface area contributed by atoms with E-state index in [4.69, 9.17) is 9.15 Å². The molecule has 0 spiro atoms. The first-order valence-corrected chi connectivity index (χ1v) is 8.94. The summed E-state index contributed by atoms with van der Waals surface area (Å²) in [5, 5.41) is 4.05. The van der Waals surface area contributed by atoms with Gasteiger partial charge in [-0.15, -0.1) is 0 Å². The van der Waals surface area contributed by atoms with Gasteiger partial charge >= 0.3 is 0 Å². The van der Waals surface area contributed by atoms with E-state index in [1.54, 1.807) is 23.9 Å². The summed E-state index contributed by atoms with van der Waals surface area (Å²) < 4.78 is 11.2. The lowest BCUT2D eigenvalue weighted by atomic mass is 9.92. The van der Waals surface area contributed by atoms with Crippen molar-refractivity contribution in [2.45, 2.75) is 19.1 Å². The maximum absolute atomic E-state index is 12.9. The molecule has 6 heteroatoms. The summed E-state index contributed by atoms with van der Waals surface area (Å²) in [5.41, 5.74) is 2.17. The predicted molar refractivity (Wildman–Crippen MR) is 88.5 cm³/mol. The number of hydrogen-bond acceptors (Lipinski definition) is 5. The van der Waals surface area contributed by atoms with Gasteiger partial charge in [0.25, 0.3) is 0 Å². The molecule has 5 nitrogen and oxygen atoms in total. The van der Waals surface area contributed by atoms with Crippen LogP contribution in [0, 0.1) is 5.92 Å². The van der Waals surface area contributed by atoms with Crippen LogP contribution in [0.4, 0.5) is 5.69 Å². The number of rotatable bonds is 3. The van der Waals surface area contributed by atoms with Crippen molar-refractivity contribution >= 4 is 22.9 Å². The number of fused-ring (bicyclic) bond motifs is 1. The molecule has 0 N–H and O–H groups in total. The van der Waals surface area contributed by atoms with Crippen LogP contribution in [-0.4, -0.2) is 43.2 Å². The Kier molecular flexibility index (Phi) is 4.20. The van der Waals surface area contributed by atoms with Crippen LogP contribution in [0.2, 0.25) is 0 Å². The molecule has 2 fully saturated rings. The van der Waals surface area contributed by atoms with E-state index < -0.39 is 0 Å². The molecule has 2 aliphatic rings. The van der Waals surface area contributed by atoms with Crippen LogP contribution in [0.1, 0.15) is 12.0 Å². The average Bonchev–Trinajstić information content (AvgIpc) is 3.22. The number of piperidine rings is 1. The molecule has 0 aromatic carbocycles. The highest BCUT2D eigenvalue weighted by molar-refractivity contribution is 7.08. The molecular formula is C17H20N2O3S. The Balaban J connectivity index is 1.46. The Morgan fingerprint density at radius 3 is 3.04 bits per heavy atom. The quantitative estimate of drug-likeness (QED) is 0.867. The number of likely N-dealkylation sites (tertiary alicyclic amines) is 1. The zero-order valence-electron chi connectivity index (χ0n) is 12.9. The van der Waals surface area contributed by atoms with E-state index in [-0.39, 0.29) is 17.9 Å². The molecule has 0 saturated carbocycles. The van der Waals surface area contributed by atoms with Gasteiger partial charge in [-0.25, -0.2) is 0 Å². The van der Waals surface area contributed by atoms with E-state index >= 15 is 0 Å². The van der Waals surface area contributed by atoms with Gasteiger partial charge in [0, 0.05) is 30.6 Å². The van der Waals surface area contributed by atoms with E-state index in [2.05, 4.69) is 4.90 Å². The number of carbonyl (C=O) groups is 1. The maximum atomic E-state index is 12.9. The third-order valence-corrected chi connectivity index (χ3v) is 5.35. The summed E-state index contributed by atoms with van der Waals surface area (Å²) in [7, 11) is 0. The van der Waals surface area contributed by atoms with Gasteiger partial charge in [0.15, 0.2) is 0 Å². The molecule has 4 rings (SSSR count). The number of ether oxygens (including phenoxy) is 1. The zero-order chi connectivity index (χ0) is 15.6. The molecule has 2 atom stereocenters. The van der Waals surface area contributed by atoms with E-state index in [0.29, 0.717) is 13.2 Å². The van der Waals surface area contributed by atoms with Crippen LogP contribution in [0.15, 0.2) is 39.8 Å². The van der Waals surface area contributed by atoms with Gasteiger partial charge in [0.1, 0.15) is 0 Å². The lowest BCUT2D eigenvalue weighted by Gasteiger charge is -2.36. The molecule has 2 aliphatic heterocycles. The molecule has 0 radical (unpaired) electrons. The van der Waals surface area contributed by atoms with Gasteiger partial charge in [-0.05, 0) is 30.5 Å². The highest BCUT2D eigenvalue weighted by Gasteiger charge is 2.39. The minimum Gasteiger partial charge on any atom is -0.472 e. The summed E-state index contributed by atoms with van der Waals surface area (Å²) in [5.74, 6) is 0.187. The van der Waals surface area contributed by atoms with Gasteiger partial charge < -0.3 is 14.1 Å². The molecule has 0 aliphatic carbocycles. The number of carbonyl (C=O) groups excluding carboxylic acids is 1. The topological polar surface area (TPSA) is 45.9 Å². The number of thiophene rings is 1. The van der Waals surface area contributed by atoms with Crippen molar-refractivity contribution < 1.29 is 13.9 Å². The average molecular weight is 332 g/mol. The van der Waals surface area contributed by atoms with Crippen molar-refractivity contribution in [3.8, 4) is 0 Å². The Morgan fingerprint density at radius 1 is 1.30 bits per heavy atom. The van der Waals surface area contributed by atoms with E-state index in [9.17, 15) is 4.79 Å². The molecule has 0 bridgehead atoms. The van der Waals surface area contributed by atoms with E-state index in [0.717, 1.165) is 31.7 Å². The number of nitrogens with zero attached hydrogens (tertiary/aromatic N) is 2. The monoisotopic (exact) mass is 332 g/mol. The zero-order valence-corrected chi connectivity index (χ0v) is 13.7. The van der Waals surface area contributed by atoms with Crippen molar-refractivity contribution in [3.63, 3.8) is 0 Å². The van der Waals surface area contributed by atoms with Crippen molar-refractivity contribution in [1.82, 2.24) is 4.90 Å². The smallest absolute Gasteiger partial charge is 0.232 e. The fourth-order valence-electron chi connectivity index (χ4n) is 3.49. The standard InChI is InChI=1S/C17H20N2O3S/c20-17-15-1-4-18(9-13-2-6-21-11-13)10-16(15)22-7-5-19(17)14-3-8-23-12-14/h2-3,6,8,11-12,15-16H,1,4-5,7,9-10H2/t15-,16+/m1/s1. The summed E-state index contributed by atoms with van der Waals surface area (Å²) in [6, 6.07) is 4.00. The minimum absolute atomic E-state index is 0.00760. The first-order valence-electron chi connectivity index (χ1n) is 8.00. The van der Waals surface area contributed by atoms with Crippen LogP contribution in [-0.2, 0) is 16.1 Å². The molecule has 4 heterocycles. The fraction of sp³-hybridized carbons (Fsp3) is 0.471. The summed E-state index contributed by atoms with van der Waals surface area (Å²) in [4.78, 5) is 17.2. The number of hydrogen-bond donors (Lipinski definition) is 0. The molecule has 0 unspecified atom stereocenters. The number of anilines is 1. The minimum atomic E-state index is -0.0296. The van der Waals surface area contributed by atoms with Gasteiger partial charge in [-0.1, -0.05) is 0 Å². The molecule has 2 saturated heterocycles. The molecule has 2 aromatic heterocycles. The number of amides is 1. The third kappa shape index (κ3) is 3.06. The van der Waals surface area contributed by atoms with Crippen LogP contribution >= 0.6 is 11.3 Å². The Hall–Kier alpha value is -1.63. The van der Waals surface area contributed by atoms with Gasteiger partial charge in [-0.2, -0.15) is 11.3 Å². The van der Waals surface area contributed by atoms with Crippen LogP contribution < -0.4 is 4.90 Å². The van der Waals surface area contributed by atoms with Crippen molar-refractivity contribution in [1.29, 1.82) is 0 Å². The second-order valence-corrected chi connectivity index (χ2v) is 6.92. The predicted octanol–water partition coefficient (Wildman–Crippen LogP) is 2.60.